The number of carbonyl (C=O) groups excluding carboxylic acids is 1. The average molecular weight is 218 g/mol. The van der Waals surface area contributed by atoms with Crippen molar-refractivity contribution in [1.29, 1.82) is 0 Å². The Kier molecular flexibility index (Phi) is 7.23. The van der Waals surface area contributed by atoms with Crippen LogP contribution in [0.5, 0.6) is 0 Å². The predicted octanol–water partition coefficient (Wildman–Crippen LogP) is -1.48. The third-order valence-corrected chi connectivity index (χ3v) is 2.73. The van der Waals surface area contributed by atoms with Gasteiger partial charge in [0.2, 0.25) is 0 Å². The summed E-state index contributed by atoms with van der Waals surface area (Å²) in [5.41, 5.74) is 0.569. The SMILES string of the molecule is C=C(C)C(=O)NC(CC)[N+](C)(C)CC.[F-]. The van der Waals surface area contributed by atoms with Crippen LogP contribution < -0.4 is 10.0 Å². The van der Waals surface area contributed by atoms with Crippen LogP contribution in [0.2, 0.25) is 0 Å². The van der Waals surface area contributed by atoms with Gasteiger partial charge in [0.15, 0.2) is 6.17 Å². The number of quaternary nitrogens is 1. The van der Waals surface area contributed by atoms with E-state index in [1.165, 1.54) is 0 Å². The minimum absolute atomic E-state index is 0. The molecule has 0 saturated heterocycles. The molecule has 1 atom stereocenters. The number of carbonyl (C=O) groups is 1. The van der Waals surface area contributed by atoms with Crippen LogP contribution in [0.1, 0.15) is 27.2 Å². The van der Waals surface area contributed by atoms with Crippen molar-refractivity contribution in [3.05, 3.63) is 12.2 Å². The van der Waals surface area contributed by atoms with Crippen molar-refractivity contribution in [3.63, 3.8) is 0 Å². The van der Waals surface area contributed by atoms with Crippen molar-refractivity contribution in [2.75, 3.05) is 20.6 Å². The van der Waals surface area contributed by atoms with E-state index in [9.17, 15) is 4.79 Å². The lowest BCUT2D eigenvalue weighted by Gasteiger charge is -2.36. The highest BCUT2D eigenvalue weighted by atomic mass is 19.0. The molecule has 90 valence electrons. The molecule has 0 radical (unpaired) electrons. The van der Waals surface area contributed by atoms with Gasteiger partial charge in [-0.1, -0.05) is 13.5 Å². The quantitative estimate of drug-likeness (QED) is 0.340. The normalized spacial score (nSPS) is 12.6. The lowest BCUT2D eigenvalue weighted by Crippen LogP contribution is -3.00. The summed E-state index contributed by atoms with van der Waals surface area (Å²) in [7, 11) is 4.24. The topological polar surface area (TPSA) is 29.1 Å². The third kappa shape index (κ3) is 4.93. The van der Waals surface area contributed by atoms with Crippen molar-refractivity contribution < 1.29 is 14.0 Å². The van der Waals surface area contributed by atoms with Crippen molar-refractivity contribution in [3.8, 4) is 0 Å². The molecule has 1 unspecified atom stereocenters. The van der Waals surface area contributed by atoms with E-state index in [2.05, 4.69) is 39.8 Å². The van der Waals surface area contributed by atoms with Crippen molar-refractivity contribution in [2.24, 2.45) is 0 Å². The number of amides is 1. The Hall–Kier alpha value is -0.900. The molecule has 1 amide bonds. The summed E-state index contributed by atoms with van der Waals surface area (Å²) in [5, 5.41) is 2.99. The van der Waals surface area contributed by atoms with E-state index in [0.717, 1.165) is 17.4 Å². The Balaban J connectivity index is 0. The molecule has 0 rings (SSSR count). The van der Waals surface area contributed by atoms with Gasteiger partial charge in [-0.25, -0.2) is 0 Å². The van der Waals surface area contributed by atoms with Crippen LogP contribution in [0, 0.1) is 0 Å². The minimum atomic E-state index is -0.0449. The fraction of sp³-hybridized carbons (Fsp3) is 0.727. The monoisotopic (exact) mass is 218 g/mol. The molecule has 0 aliphatic rings. The van der Waals surface area contributed by atoms with E-state index in [-0.39, 0.29) is 16.8 Å². The fourth-order valence-electron chi connectivity index (χ4n) is 1.27. The minimum Gasteiger partial charge on any atom is -1.00 e. The second-order valence-corrected chi connectivity index (χ2v) is 4.27. The molecule has 0 heterocycles. The lowest BCUT2D eigenvalue weighted by molar-refractivity contribution is -0.915. The fourth-order valence-corrected chi connectivity index (χ4v) is 1.27. The summed E-state index contributed by atoms with van der Waals surface area (Å²) < 4.78 is 0.801. The number of hydrogen-bond donors (Lipinski definition) is 1. The molecule has 0 aliphatic carbocycles. The Bertz CT molecular complexity index is 227. The van der Waals surface area contributed by atoms with Crippen LogP contribution >= 0.6 is 0 Å². The van der Waals surface area contributed by atoms with Gasteiger partial charge in [-0.2, -0.15) is 0 Å². The highest BCUT2D eigenvalue weighted by Gasteiger charge is 2.26. The van der Waals surface area contributed by atoms with Gasteiger partial charge in [-0.05, 0) is 13.8 Å². The molecule has 0 fully saturated rings. The second-order valence-electron chi connectivity index (χ2n) is 4.27. The first kappa shape index (κ1) is 16.5. The van der Waals surface area contributed by atoms with Crippen LogP contribution in [0.4, 0.5) is 0 Å². The Labute approximate surface area is 92.1 Å². The molecule has 15 heavy (non-hydrogen) atoms. The van der Waals surface area contributed by atoms with Crippen LogP contribution in [0.25, 0.3) is 0 Å². The van der Waals surface area contributed by atoms with Crippen molar-refractivity contribution >= 4 is 5.91 Å². The second kappa shape index (κ2) is 6.56. The molecule has 0 bridgehead atoms. The maximum absolute atomic E-state index is 11.5. The van der Waals surface area contributed by atoms with E-state index in [1.54, 1.807) is 6.92 Å². The molecular weight excluding hydrogens is 195 g/mol. The predicted molar refractivity (Wildman–Crippen MR) is 59.7 cm³/mol. The third-order valence-electron chi connectivity index (χ3n) is 2.73. The standard InChI is InChI=1S/C11H22N2O.FH/c1-7-10(13(5,6)8-2)12-11(14)9(3)4;/h10H,3,7-8H2,1-2,4-6H3;1H. The van der Waals surface area contributed by atoms with Gasteiger partial charge in [0.05, 0.1) is 20.6 Å². The largest absolute Gasteiger partial charge is 1.00 e. The van der Waals surface area contributed by atoms with Crippen LogP contribution in [0.3, 0.4) is 0 Å². The summed E-state index contributed by atoms with van der Waals surface area (Å²) in [6, 6.07) is 0. The molecule has 3 nitrogen and oxygen atoms in total. The van der Waals surface area contributed by atoms with Gasteiger partial charge >= 0.3 is 0 Å². The Morgan fingerprint density at radius 1 is 1.40 bits per heavy atom. The van der Waals surface area contributed by atoms with E-state index in [0.29, 0.717) is 5.57 Å². The van der Waals surface area contributed by atoms with Gasteiger partial charge in [0, 0.05) is 12.0 Å². The van der Waals surface area contributed by atoms with Gasteiger partial charge in [0.25, 0.3) is 5.91 Å². The average Bonchev–Trinajstić information content (AvgIpc) is 2.13. The molecule has 0 aromatic carbocycles. The van der Waals surface area contributed by atoms with Crippen LogP contribution in [-0.2, 0) is 4.79 Å². The first-order valence-corrected chi connectivity index (χ1v) is 5.14. The number of nitrogens with one attached hydrogen (secondary N) is 1. The van der Waals surface area contributed by atoms with Crippen LogP contribution in [-0.4, -0.2) is 37.2 Å². The smallest absolute Gasteiger partial charge is 0.250 e. The number of halogens is 1. The highest BCUT2D eigenvalue weighted by molar-refractivity contribution is 5.92. The zero-order valence-electron chi connectivity index (χ0n) is 10.4. The molecular formula is C11H23FN2O. The van der Waals surface area contributed by atoms with E-state index in [4.69, 9.17) is 0 Å². The maximum atomic E-state index is 11.5. The summed E-state index contributed by atoms with van der Waals surface area (Å²) in [4.78, 5) is 11.5. The van der Waals surface area contributed by atoms with E-state index in [1.807, 2.05) is 0 Å². The molecule has 0 saturated carbocycles. The zero-order chi connectivity index (χ0) is 11.4. The van der Waals surface area contributed by atoms with Gasteiger partial charge in [0.1, 0.15) is 0 Å². The summed E-state index contributed by atoms with van der Waals surface area (Å²) in [5.74, 6) is -0.0449. The number of hydrogen-bond acceptors (Lipinski definition) is 1. The first-order chi connectivity index (χ1) is 6.35. The lowest BCUT2D eigenvalue weighted by atomic mass is 10.2. The molecule has 4 heteroatoms. The number of nitrogens with zero attached hydrogens (tertiary/aromatic N) is 1. The van der Waals surface area contributed by atoms with Crippen molar-refractivity contribution in [2.45, 2.75) is 33.4 Å². The molecule has 0 aliphatic heterocycles. The number of rotatable bonds is 5. The van der Waals surface area contributed by atoms with E-state index >= 15 is 0 Å². The van der Waals surface area contributed by atoms with Gasteiger partial charge < -0.3 is 14.5 Å². The van der Waals surface area contributed by atoms with E-state index < -0.39 is 0 Å². The highest BCUT2D eigenvalue weighted by Crippen LogP contribution is 2.07. The summed E-state index contributed by atoms with van der Waals surface area (Å²) in [6.45, 7) is 10.6. The van der Waals surface area contributed by atoms with Gasteiger partial charge in [-0.3, -0.25) is 4.79 Å². The summed E-state index contributed by atoms with van der Waals surface area (Å²) in [6.07, 6.45) is 1.10. The molecule has 1 N–H and O–H groups in total. The molecule has 0 spiro atoms. The van der Waals surface area contributed by atoms with Gasteiger partial charge in [-0.15, -0.1) is 0 Å². The maximum Gasteiger partial charge on any atom is 0.250 e. The Morgan fingerprint density at radius 3 is 2.13 bits per heavy atom. The zero-order valence-corrected chi connectivity index (χ0v) is 10.4. The van der Waals surface area contributed by atoms with Crippen LogP contribution in [0.15, 0.2) is 12.2 Å². The Morgan fingerprint density at radius 2 is 1.87 bits per heavy atom. The van der Waals surface area contributed by atoms with Crippen molar-refractivity contribution in [1.82, 2.24) is 5.32 Å². The molecule has 0 aromatic heterocycles. The molecule has 0 aromatic rings. The first-order valence-electron chi connectivity index (χ1n) is 5.14. The summed E-state index contributed by atoms with van der Waals surface area (Å²) >= 11 is 0.